The molecule has 5 heteroatoms. The molecule has 0 spiro atoms. The Morgan fingerprint density at radius 2 is 1.83 bits per heavy atom. The normalized spacial score (nSPS) is 10.2. The first-order valence-corrected chi connectivity index (χ1v) is 6.03. The van der Waals surface area contributed by atoms with Gasteiger partial charge < -0.3 is 10.6 Å². The molecule has 0 bridgehead atoms. The van der Waals surface area contributed by atoms with Crippen molar-refractivity contribution in [2.45, 2.75) is 13.8 Å². The quantitative estimate of drug-likeness (QED) is 0.888. The topological polar surface area (TPSA) is 49.8 Å². The van der Waals surface area contributed by atoms with E-state index >= 15 is 0 Å². The minimum absolute atomic E-state index is 0.678. The highest BCUT2D eigenvalue weighted by atomic mass is 35.5. The molecule has 2 rings (SSSR count). The Hall–Kier alpha value is -1.81. The lowest BCUT2D eigenvalue weighted by Gasteiger charge is -2.12. The minimum atomic E-state index is 0.678. The van der Waals surface area contributed by atoms with Gasteiger partial charge in [-0.3, -0.25) is 0 Å². The van der Waals surface area contributed by atoms with Gasteiger partial charge in [0.1, 0.15) is 17.5 Å². The third-order valence-corrected chi connectivity index (χ3v) is 2.88. The summed E-state index contributed by atoms with van der Waals surface area (Å²) in [6.45, 7) is 3.85. The fourth-order valence-electron chi connectivity index (χ4n) is 1.68. The Labute approximate surface area is 111 Å². The zero-order valence-corrected chi connectivity index (χ0v) is 11.3. The van der Waals surface area contributed by atoms with Crippen LogP contribution in [0.25, 0.3) is 0 Å². The molecule has 0 saturated carbocycles. The van der Waals surface area contributed by atoms with Crippen molar-refractivity contribution >= 4 is 28.9 Å². The van der Waals surface area contributed by atoms with E-state index in [1.807, 2.05) is 45.2 Å². The van der Waals surface area contributed by atoms with E-state index in [4.69, 9.17) is 11.6 Å². The molecule has 1 heterocycles. The second-order valence-electron chi connectivity index (χ2n) is 3.99. The standard InChI is InChI=1S/C13H15ClN4/c1-8-5-4-6-10(14)13(8)18-12-7-11(15-3)16-9(2)17-12/h4-7H,1-3H3,(H2,15,16,17,18). The van der Waals surface area contributed by atoms with Gasteiger partial charge in [-0.15, -0.1) is 0 Å². The number of nitrogens with zero attached hydrogens (tertiary/aromatic N) is 2. The number of para-hydroxylation sites is 1. The number of aryl methyl sites for hydroxylation is 2. The number of benzene rings is 1. The number of aromatic nitrogens is 2. The Balaban J connectivity index is 2.37. The summed E-state index contributed by atoms with van der Waals surface area (Å²) in [7, 11) is 1.83. The molecule has 0 unspecified atom stereocenters. The van der Waals surface area contributed by atoms with Crippen LogP contribution in [0.1, 0.15) is 11.4 Å². The lowest BCUT2D eigenvalue weighted by molar-refractivity contribution is 1.05. The highest BCUT2D eigenvalue weighted by molar-refractivity contribution is 6.33. The third kappa shape index (κ3) is 2.71. The Kier molecular flexibility index (Phi) is 3.67. The Morgan fingerprint density at radius 3 is 2.50 bits per heavy atom. The largest absolute Gasteiger partial charge is 0.373 e. The smallest absolute Gasteiger partial charge is 0.136 e. The summed E-state index contributed by atoms with van der Waals surface area (Å²) in [5.41, 5.74) is 1.95. The average Bonchev–Trinajstić information content (AvgIpc) is 2.33. The van der Waals surface area contributed by atoms with Crippen molar-refractivity contribution in [2.24, 2.45) is 0 Å². The maximum Gasteiger partial charge on any atom is 0.136 e. The molecule has 0 aliphatic rings. The van der Waals surface area contributed by atoms with E-state index in [0.29, 0.717) is 10.8 Å². The number of nitrogens with one attached hydrogen (secondary N) is 2. The summed E-state index contributed by atoms with van der Waals surface area (Å²) in [4.78, 5) is 8.58. The van der Waals surface area contributed by atoms with Gasteiger partial charge >= 0.3 is 0 Å². The molecule has 0 aliphatic carbocycles. The van der Waals surface area contributed by atoms with E-state index in [9.17, 15) is 0 Å². The number of rotatable bonds is 3. The SMILES string of the molecule is CNc1cc(Nc2c(C)cccc2Cl)nc(C)n1. The average molecular weight is 263 g/mol. The molecule has 94 valence electrons. The van der Waals surface area contributed by atoms with E-state index in [-0.39, 0.29) is 0 Å². The van der Waals surface area contributed by atoms with Crippen molar-refractivity contribution in [1.82, 2.24) is 9.97 Å². The first kappa shape index (κ1) is 12.6. The molecule has 2 N–H and O–H groups in total. The lowest BCUT2D eigenvalue weighted by Crippen LogP contribution is -2.02. The number of halogens is 1. The monoisotopic (exact) mass is 262 g/mol. The van der Waals surface area contributed by atoms with Gasteiger partial charge in [0.05, 0.1) is 10.7 Å². The molecule has 0 atom stereocenters. The van der Waals surface area contributed by atoms with Gasteiger partial charge in [-0.05, 0) is 25.5 Å². The van der Waals surface area contributed by atoms with Gasteiger partial charge in [0.2, 0.25) is 0 Å². The predicted molar refractivity (Wildman–Crippen MR) is 75.8 cm³/mol. The van der Waals surface area contributed by atoms with Crippen LogP contribution in [-0.2, 0) is 0 Å². The fraction of sp³-hybridized carbons (Fsp3) is 0.231. The summed E-state index contributed by atoms with van der Waals surface area (Å²) in [6.07, 6.45) is 0. The molecular formula is C13H15ClN4. The molecule has 4 nitrogen and oxygen atoms in total. The second-order valence-corrected chi connectivity index (χ2v) is 4.40. The first-order chi connectivity index (χ1) is 8.60. The van der Waals surface area contributed by atoms with Crippen molar-refractivity contribution < 1.29 is 0 Å². The van der Waals surface area contributed by atoms with Crippen molar-refractivity contribution in [3.8, 4) is 0 Å². The highest BCUT2D eigenvalue weighted by Crippen LogP contribution is 2.28. The van der Waals surface area contributed by atoms with Crippen LogP contribution in [0.15, 0.2) is 24.3 Å². The van der Waals surface area contributed by atoms with E-state index < -0.39 is 0 Å². The second kappa shape index (κ2) is 5.23. The van der Waals surface area contributed by atoms with E-state index in [2.05, 4.69) is 20.6 Å². The molecular weight excluding hydrogens is 248 g/mol. The van der Waals surface area contributed by atoms with Crippen LogP contribution in [0.4, 0.5) is 17.3 Å². The van der Waals surface area contributed by atoms with E-state index in [0.717, 1.165) is 22.9 Å². The molecule has 2 aromatic rings. The van der Waals surface area contributed by atoms with Crippen molar-refractivity contribution in [2.75, 3.05) is 17.7 Å². The molecule has 0 aliphatic heterocycles. The van der Waals surface area contributed by atoms with Crippen LogP contribution in [-0.4, -0.2) is 17.0 Å². The zero-order chi connectivity index (χ0) is 13.1. The van der Waals surface area contributed by atoms with Crippen molar-refractivity contribution in [1.29, 1.82) is 0 Å². The lowest BCUT2D eigenvalue weighted by atomic mass is 10.2. The van der Waals surface area contributed by atoms with Gasteiger partial charge in [0.15, 0.2) is 0 Å². The maximum absolute atomic E-state index is 6.17. The van der Waals surface area contributed by atoms with Gasteiger partial charge in [-0.25, -0.2) is 9.97 Å². The van der Waals surface area contributed by atoms with Crippen LogP contribution in [0, 0.1) is 13.8 Å². The van der Waals surface area contributed by atoms with Gasteiger partial charge in [-0.2, -0.15) is 0 Å². The number of anilines is 3. The molecule has 18 heavy (non-hydrogen) atoms. The van der Waals surface area contributed by atoms with Crippen LogP contribution in [0.2, 0.25) is 5.02 Å². The highest BCUT2D eigenvalue weighted by Gasteiger charge is 2.06. The van der Waals surface area contributed by atoms with Crippen molar-refractivity contribution in [3.63, 3.8) is 0 Å². The predicted octanol–water partition coefficient (Wildman–Crippen LogP) is 3.53. The summed E-state index contributed by atoms with van der Waals surface area (Å²) < 4.78 is 0. The van der Waals surface area contributed by atoms with Gasteiger partial charge in [0, 0.05) is 13.1 Å². The minimum Gasteiger partial charge on any atom is -0.373 e. The molecule has 0 amide bonds. The van der Waals surface area contributed by atoms with Crippen LogP contribution in [0.3, 0.4) is 0 Å². The molecule has 0 radical (unpaired) electrons. The van der Waals surface area contributed by atoms with E-state index in [1.165, 1.54) is 0 Å². The number of hydrogen-bond acceptors (Lipinski definition) is 4. The zero-order valence-electron chi connectivity index (χ0n) is 10.6. The molecule has 0 saturated heterocycles. The van der Waals surface area contributed by atoms with Crippen LogP contribution in [0.5, 0.6) is 0 Å². The summed E-state index contributed by atoms with van der Waals surface area (Å²) in [5.74, 6) is 2.20. The fourth-order valence-corrected chi connectivity index (χ4v) is 1.95. The first-order valence-electron chi connectivity index (χ1n) is 5.65. The van der Waals surface area contributed by atoms with Crippen LogP contribution < -0.4 is 10.6 Å². The summed E-state index contributed by atoms with van der Waals surface area (Å²) >= 11 is 6.17. The number of hydrogen-bond donors (Lipinski definition) is 2. The Morgan fingerprint density at radius 1 is 1.11 bits per heavy atom. The summed E-state index contributed by atoms with van der Waals surface area (Å²) in [6, 6.07) is 7.62. The third-order valence-electron chi connectivity index (χ3n) is 2.57. The molecule has 1 aromatic carbocycles. The Bertz CT molecular complexity index is 549. The van der Waals surface area contributed by atoms with Gasteiger partial charge in [-0.1, -0.05) is 23.7 Å². The summed E-state index contributed by atoms with van der Waals surface area (Å²) in [5, 5.41) is 6.91. The molecule has 1 aromatic heterocycles. The molecule has 0 fully saturated rings. The van der Waals surface area contributed by atoms with Crippen molar-refractivity contribution in [3.05, 3.63) is 40.7 Å². The van der Waals surface area contributed by atoms with E-state index in [1.54, 1.807) is 0 Å². The maximum atomic E-state index is 6.17. The van der Waals surface area contributed by atoms with Gasteiger partial charge in [0.25, 0.3) is 0 Å². The van der Waals surface area contributed by atoms with Crippen LogP contribution >= 0.6 is 11.6 Å².